The molecule has 0 aliphatic heterocycles. The Kier molecular flexibility index (Phi) is 6.88. The number of imidazole rings is 1. The molecule has 4 aromatic rings. The fraction of sp³-hybridized carbons (Fsp3) is 0.269. The van der Waals surface area contributed by atoms with Gasteiger partial charge in [0.2, 0.25) is 0 Å². The molecule has 0 saturated carbocycles. The Labute approximate surface area is 183 Å². The Bertz CT molecular complexity index is 1060. The normalized spacial score (nSPS) is 12.5. The first-order valence-electron chi connectivity index (χ1n) is 10.7. The molecule has 1 atom stereocenters. The lowest BCUT2D eigenvalue weighted by Crippen LogP contribution is -2.27. The van der Waals surface area contributed by atoms with Gasteiger partial charge in [0.25, 0.3) is 0 Å². The summed E-state index contributed by atoms with van der Waals surface area (Å²) in [7, 11) is 0. The van der Waals surface area contributed by atoms with E-state index < -0.39 is 0 Å². The fourth-order valence-electron chi connectivity index (χ4n) is 3.84. The summed E-state index contributed by atoms with van der Waals surface area (Å²) in [5, 5.41) is 0.137. The number of benzene rings is 3. The number of thioether (sulfide) groups is 1. The minimum Gasteiger partial charge on any atom is -0.325 e. The van der Waals surface area contributed by atoms with Crippen molar-refractivity contribution in [2.45, 2.75) is 30.5 Å². The predicted octanol–water partition coefficient (Wildman–Crippen LogP) is 6.26. The first-order chi connectivity index (χ1) is 14.8. The van der Waals surface area contributed by atoms with Crippen LogP contribution in [0.3, 0.4) is 0 Å². The van der Waals surface area contributed by atoms with Gasteiger partial charge in [-0.3, -0.25) is 0 Å². The summed E-state index contributed by atoms with van der Waals surface area (Å²) in [6.45, 7) is 8.57. The Morgan fingerprint density at radius 1 is 0.833 bits per heavy atom. The number of likely N-dealkylation sites (N-methyl/N-ethyl adjacent to an activating group) is 1. The van der Waals surface area contributed by atoms with Crippen LogP contribution in [0.1, 0.15) is 30.5 Å². The molecule has 1 unspecified atom stereocenters. The van der Waals surface area contributed by atoms with E-state index in [2.05, 4.69) is 108 Å². The highest BCUT2D eigenvalue weighted by atomic mass is 32.2. The van der Waals surface area contributed by atoms with Crippen molar-refractivity contribution in [1.29, 1.82) is 0 Å². The molecular formula is C26H29N3S. The van der Waals surface area contributed by atoms with Crippen LogP contribution in [0.15, 0.2) is 89.8 Å². The minimum absolute atomic E-state index is 0.137. The van der Waals surface area contributed by atoms with E-state index in [0.29, 0.717) is 0 Å². The Morgan fingerprint density at radius 2 is 1.47 bits per heavy atom. The van der Waals surface area contributed by atoms with Gasteiger partial charge in [-0.2, -0.15) is 0 Å². The van der Waals surface area contributed by atoms with Gasteiger partial charge in [0.15, 0.2) is 0 Å². The lowest BCUT2D eigenvalue weighted by molar-refractivity contribution is 0.290. The molecule has 3 nitrogen and oxygen atoms in total. The number of para-hydroxylation sites is 2. The lowest BCUT2D eigenvalue weighted by Gasteiger charge is -2.22. The third-order valence-corrected chi connectivity index (χ3v) is 6.82. The van der Waals surface area contributed by atoms with Crippen LogP contribution in [0.25, 0.3) is 11.0 Å². The highest BCUT2D eigenvalue weighted by Crippen LogP contribution is 2.41. The average Bonchev–Trinajstić information content (AvgIpc) is 3.18. The molecule has 0 N–H and O–H groups in total. The summed E-state index contributed by atoms with van der Waals surface area (Å²) in [5.74, 6) is 1.13. The molecule has 0 aliphatic rings. The summed E-state index contributed by atoms with van der Waals surface area (Å²) in [6.07, 6.45) is 0. The van der Waals surface area contributed by atoms with Crippen LogP contribution in [-0.4, -0.2) is 34.1 Å². The van der Waals surface area contributed by atoms with E-state index in [0.717, 1.165) is 37.5 Å². The number of fused-ring (bicyclic) bond motifs is 1. The highest BCUT2D eigenvalue weighted by molar-refractivity contribution is 7.99. The van der Waals surface area contributed by atoms with E-state index in [9.17, 15) is 0 Å². The Hall–Kier alpha value is -2.56. The van der Waals surface area contributed by atoms with Gasteiger partial charge >= 0.3 is 0 Å². The van der Waals surface area contributed by atoms with Crippen LogP contribution in [-0.2, 0) is 6.54 Å². The van der Waals surface area contributed by atoms with Crippen molar-refractivity contribution in [3.8, 4) is 0 Å². The standard InChI is InChI=1S/C26H29N3S/c1-3-28(4-2)19-20-29-24-18-12-11-17-23(24)27-26(29)25(21-13-7-5-8-14-21)30-22-15-9-6-10-16-22/h5-18,25H,3-4,19-20H2,1-2H3. The lowest BCUT2D eigenvalue weighted by atomic mass is 10.1. The first-order valence-corrected chi connectivity index (χ1v) is 11.6. The maximum absolute atomic E-state index is 5.14. The third kappa shape index (κ3) is 4.61. The fourth-order valence-corrected chi connectivity index (χ4v) is 5.01. The first kappa shape index (κ1) is 20.7. The maximum Gasteiger partial charge on any atom is 0.127 e. The smallest absolute Gasteiger partial charge is 0.127 e. The van der Waals surface area contributed by atoms with Crippen LogP contribution < -0.4 is 0 Å². The Balaban J connectivity index is 1.79. The van der Waals surface area contributed by atoms with E-state index in [1.165, 1.54) is 16.0 Å². The highest BCUT2D eigenvalue weighted by Gasteiger charge is 2.23. The monoisotopic (exact) mass is 415 g/mol. The second-order valence-corrected chi connectivity index (χ2v) is 8.54. The quantitative estimate of drug-likeness (QED) is 0.301. The second-order valence-electron chi connectivity index (χ2n) is 7.36. The predicted molar refractivity (Wildman–Crippen MR) is 128 cm³/mol. The van der Waals surface area contributed by atoms with E-state index in [1.54, 1.807) is 0 Å². The van der Waals surface area contributed by atoms with Gasteiger partial charge in [-0.1, -0.05) is 74.5 Å². The van der Waals surface area contributed by atoms with Gasteiger partial charge in [-0.05, 0) is 42.9 Å². The van der Waals surface area contributed by atoms with Gasteiger partial charge in [-0.25, -0.2) is 4.98 Å². The maximum atomic E-state index is 5.14. The molecule has 0 bridgehead atoms. The van der Waals surface area contributed by atoms with Crippen molar-refractivity contribution in [2.24, 2.45) is 0 Å². The SMILES string of the molecule is CCN(CC)CCn1c(C(Sc2ccccc2)c2ccccc2)nc2ccccc21. The average molecular weight is 416 g/mol. The molecule has 0 radical (unpaired) electrons. The molecule has 30 heavy (non-hydrogen) atoms. The molecule has 1 aromatic heterocycles. The number of hydrogen-bond donors (Lipinski definition) is 0. The number of hydrogen-bond acceptors (Lipinski definition) is 3. The van der Waals surface area contributed by atoms with Crippen molar-refractivity contribution in [3.05, 3.63) is 96.3 Å². The summed E-state index contributed by atoms with van der Waals surface area (Å²) < 4.78 is 2.43. The van der Waals surface area contributed by atoms with E-state index in [4.69, 9.17) is 4.98 Å². The minimum atomic E-state index is 0.137. The topological polar surface area (TPSA) is 21.1 Å². The van der Waals surface area contributed by atoms with Crippen molar-refractivity contribution in [1.82, 2.24) is 14.5 Å². The van der Waals surface area contributed by atoms with Crippen molar-refractivity contribution in [2.75, 3.05) is 19.6 Å². The van der Waals surface area contributed by atoms with Crippen LogP contribution in [0.2, 0.25) is 0 Å². The zero-order chi connectivity index (χ0) is 20.8. The molecule has 1 heterocycles. The molecule has 0 aliphatic carbocycles. The van der Waals surface area contributed by atoms with Crippen molar-refractivity contribution in [3.63, 3.8) is 0 Å². The number of rotatable bonds is 9. The molecule has 0 saturated heterocycles. The molecule has 3 aromatic carbocycles. The zero-order valence-corrected chi connectivity index (χ0v) is 18.6. The van der Waals surface area contributed by atoms with Crippen LogP contribution >= 0.6 is 11.8 Å². The van der Waals surface area contributed by atoms with Gasteiger partial charge < -0.3 is 9.47 Å². The molecule has 154 valence electrons. The molecule has 0 amide bonds. The van der Waals surface area contributed by atoms with Crippen LogP contribution in [0.4, 0.5) is 0 Å². The molecule has 0 fully saturated rings. The molecular weight excluding hydrogens is 386 g/mol. The van der Waals surface area contributed by atoms with Crippen LogP contribution in [0.5, 0.6) is 0 Å². The van der Waals surface area contributed by atoms with Crippen LogP contribution in [0, 0.1) is 0 Å². The van der Waals surface area contributed by atoms with Gasteiger partial charge in [-0.15, -0.1) is 11.8 Å². The largest absolute Gasteiger partial charge is 0.325 e. The molecule has 4 heteroatoms. The van der Waals surface area contributed by atoms with E-state index in [-0.39, 0.29) is 5.25 Å². The van der Waals surface area contributed by atoms with Crippen molar-refractivity contribution < 1.29 is 0 Å². The molecule has 4 rings (SSSR count). The Morgan fingerprint density at radius 3 is 2.17 bits per heavy atom. The zero-order valence-electron chi connectivity index (χ0n) is 17.7. The summed E-state index contributed by atoms with van der Waals surface area (Å²) in [4.78, 5) is 8.87. The second kappa shape index (κ2) is 9.96. The summed E-state index contributed by atoms with van der Waals surface area (Å²) in [6, 6.07) is 29.9. The molecule has 0 spiro atoms. The van der Waals surface area contributed by atoms with Gasteiger partial charge in [0, 0.05) is 18.0 Å². The number of nitrogens with zero attached hydrogens (tertiary/aromatic N) is 3. The van der Waals surface area contributed by atoms with E-state index >= 15 is 0 Å². The number of aromatic nitrogens is 2. The third-order valence-electron chi connectivity index (χ3n) is 5.55. The summed E-state index contributed by atoms with van der Waals surface area (Å²) in [5.41, 5.74) is 3.57. The van der Waals surface area contributed by atoms with Crippen molar-refractivity contribution >= 4 is 22.8 Å². The van der Waals surface area contributed by atoms with E-state index in [1.807, 2.05) is 11.8 Å². The van der Waals surface area contributed by atoms with Gasteiger partial charge in [0.1, 0.15) is 5.82 Å². The summed E-state index contributed by atoms with van der Waals surface area (Å²) >= 11 is 1.87. The van der Waals surface area contributed by atoms with Gasteiger partial charge in [0.05, 0.1) is 16.3 Å².